The highest BCUT2D eigenvalue weighted by Gasteiger charge is 2.29. The molecule has 0 bridgehead atoms. The zero-order chi connectivity index (χ0) is 6.97. The highest BCUT2D eigenvalue weighted by Crippen LogP contribution is 2.30. The molecular weight excluding hydrogens is 130 g/mol. The third kappa shape index (κ3) is 1.08. The van der Waals surface area contributed by atoms with Crippen LogP contribution in [0.2, 0.25) is 0 Å². The van der Waals surface area contributed by atoms with Gasteiger partial charge in [-0.2, -0.15) is 0 Å². The molecular formula is C7H11NO2. The Balaban J connectivity index is 1.84. The molecule has 0 aromatic rings. The number of cyclic esters (lactones) is 1. The number of carbonyl (C=O) groups excluding carboxylic acids is 1. The van der Waals surface area contributed by atoms with Crippen LogP contribution >= 0.6 is 0 Å². The summed E-state index contributed by atoms with van der Waals surface area (Å²) in [5, 5.41) is 0. The molecule has 2 aliphatic rings. The molecule has 0 atom stereocenters. The molecule has 1 saturated carbocycles. The Morgan fingerprint density at radius 1 is 1.60 bits per heavy atom. The van der Waals surface area contributed by atoms with Crippen LogP contribution in [0.4, 0.5) is 4.79 Å². The average Bonchev–Trinajstić information content (AvgIpc) is 2.62. The summed E-state index contributed by atoms with van der Waals surface area (Å²) in [4.78, 5) is 12.6. The van der Waals surface area contributed by atoms with E-state index < -0.39 is 0 Å². The Morgan fingerprint density at radius 2 is 2.40 bits per heavy atom. The zero-order valence-corrected chi connectivity index (χ0v) is 5.88. The van der Waals surface area contributed by atoms with E-state index in [9.17, 15) is 4.79 Å². The topological polar surface area (TPSA) is 29.5 Å². The van der Waals surface area contributed by atoms with E-state index in [1.807, 2.05) is 0 Å². The molecule has 2 rings (SSSR count). The van der Waals surface area contributed by atoms with Crippen LogP contribution in [-0.2, 0) is 4.74 Å². The summed E-state index contributed by atoms with van der Waals surface area (Å²) in [6, 6.07) is 0. The lowest BCUT2D eigenvalue weighted by molar-refractivity contribution is 0.157. The standard InChI is InChI=1S/C7H11NO2/c9-7-8(3-4-10-7)5-6-1-2-6/h6H,1-5H2. The molecule has 0 spiro atoms. The van der Waals surface area contributed by atoms with Crippen LogP contribution < -0.4 is 0 Å². The maximum Gasteiger partial charge on any atom is 0.409 e. The molecule has 1 saturated heterocycles. The number of hydrogen-bond acceptors (Lipinski definition) is 2. The SMILES string of the molecule is O=C1OCCN1CC1CC1. The Kier molecular flexibility index (Phi) is 1.29. The van der Waals surface area contributed by atoms with Crippen molar-refractivity contribution in [2.75, 3.05) is 19.7 Å². The van der Waals surface area contributed by atoms with Crippen molar-refractivity contribution in [3.05, 3.63) is 0 Å². The Hall–Kier alpha value is -0.730. The number of nitrogens with zero attached hydrogens (tertiary/aromatic N) is 1. The maximum atomic E-state index is 10.8. The second-order valence-corrected chi connectivity index (χ2v) is 3.00. The minimum absolute atomic E-state index is 0.119. The lowest BCUT2D eigenvalue weighted by Gasteiger charge is -2.10. The van der Waals surface area contributed by atoms with E-state index in [4.69, 9.17) is 4.74 Å². The van der Waals surface area contributed by atoms with Gasteiger partial charge in [-0.1, -0.05) is 0 Å². The van der Waals surface area contributed by atoms with Crippen molar-refractivity contribution in [1.82, 2.24) is 4.90 Å². The largest absolute Gasteiger partial charge is 0.448 e. The van der Waals surface area contributed by atoms with Gasteiger partial charge in [0.15, 0.2) is 0 Å². The van der Waals surface area contributed by atoms with Gasteiger partial charge in [0.25, 0.3) is 0 Å². The fourth-order valence-electron chi connectivity index (χ4n) is 1.20. The normalized spacial score (nSPS) is 25.2. The summed E-state index contributed by atoms with van der Waals surface area (Å²) < 4.78 is 4.78. The molecule has 3 heteroatoms. The molecule has 0 N–H and O–H groups in total. The first-order valence-corrected chi connectivity index (χ1v) is 3.78. The van der Waals surface area contributed by atoms with Crippen molar-refractivity contribution in [3.8, 4) is 0 Å². The molecule has 0 unspecified atom stereocenters. The summed E-state index contributed by atoms with van der Waals surface area (Å²) in [7, 11) is 0. The first-order valence-electron chi connectivity index (χ1n) is 3.78. The van der Waals surface area contributed by atoms with Gasteiger partial charge >= 0.3 is 6.09 Å². The molecule has 3 nitrogen and oxygen atoms in total. The van der Waals surface area contributed by atoms with Crippen molar-refractivity contribution in [2.45, 2.75) is 12.8 Å². The van der Waals surface area contributed by atoms with Gasteiger partial charge in [0.2, 0.25) is 0 Å². The van der Waals surface area contributed by atoms with E-state index in [0.717, 1.165) is 19.0 Å². The van der Waals surface area contributed by atoms with Gasteiger partial charge in [0, 0.05) is 6.54 Å². The molecule has 1 heterocycles. The monoisotopic (exact) mass is 141 g/mol. The van der Waals surface area contributed by atoms with Crippen LogP contribution in [0, 0.1) is 5.92 Å². The molecule has 0 aromatic heterocycles. The molecule has 1 aliphatic heterocycles. The van der Waals surface area contributed by atoms with Crippen LogP contribution in [0.5, 0.6) is 0 Å². The lowest BCUT2D eigenvalue weighted by Crippen LogP contribution is -2.26. The molecule has 10 heavy (non-hydrogen) atoms. The third-order valence-electron chi connectivity index (χ3n) is 2.02. The molecule has 0 radical (unpaired) electrons. The quantitative estimate of drug-likeness (QED) is 0.570. The highest BCUT2D eigenvalue weighted by atomic mass is 16.6. The second kappa shape index (κ2) is 2.15. The number of amides is 1. The summed E-state index contributed by atoms with van der Waals surface area (Å²) >= 11 is 0. The van der Waals surface area contributed by atoms with E-state index >= 15 is 0 Å². The first kappa shape index (κ1) is 6.01. The van der Waals surface area contributed by atoms with Gasteiger partial charge in [-0.25, -0.2) is 4.79 Å². The fraction of sp³-hybridized carbons (Fsp3) is 0.857. The van der Waals surface area contributed by atoms with E-state index in [1.54, 1.807) is 4.90 Å². The van der Waals surface area contributed by atoms with Crippen molar-refractivity contribution >= 4 is 6.09 Å². The van der Waals surface area contributed by atoms with Gasteiger partial charge in [-0.15, -0.1) is 0 Å². The zero-order valence-electron chi connectivity index (χ0n) is 5.88. The minimum Gasteiger partial charge on any atom is -0.448 e. The highest BCUT2D eigenvalue weighted by molar-refractivity contribution is 5.69. The summed E-state index contributed by atoms with van der Waals surface area (Å²) in [6.45, 7) is 2.32. The minimum atomic E-state index is -0.119. The number of rotatable bonds is 2. The number of hydrogen-bond donors (Lipinski definition) is 0. The van der Waals surface area contributed by atoms with Gasteiger partial charge in [-0.05, 0) is 18.8 Å². The Bertz CT molecular complexity index is 154. The van der Waals surface area contributed by atoms with Crippen molar-refractivity contribution in [3.63, 3.8) is 0 Å². The third-order valence-corrected chi connectivity index (χ3v) is 2.02. The van der Waals surface area contributed by atoms with Crippen molar-refractivity contribution in [1.29, 1.82) is 0 Å². The van der Waals surface area contributed by atoms with Crippen LogP contribution in [0.3, 0.4) is 0 Å². The molecule has 0 aromatic carbocycles. The van der Waals surface area contributed by atoms with Gasteiger partial charge in [-0.3, -0.25) is 0 Å². The predicted octanol–water partition coefficient (Wildman–Crippen LogP) is 0.849. The summed E-state index contributed by atoms with van der Waals surface area (Å²) in [6.07, 6.45) is 2.47. The Morgan fingerprint density at radius 3 is 2.90 bits per heavy atom. The van der Waals surface area contributed by atoms with Gasteiger partial charge in [0.05, 0.1) is 6.54 Å². The lowest BCUT2D eigenvalue weighted by atomic mass is 10.4. The smallest absolute Gasteiger partial charge is 0.409 e. The van der Waals surface area contributed by atoms with Crippen LogP contribution in [0.1, 0.15) is 12.8 Å². The first-order chi connectivity index (χ1) is 4.86. The predicted molar refractivity (Wildman–Crippen MR) is 35.6 cm³/mol. The average molecular weight is 141 g/mol. The van der Waals surface area contributed by atoms with Crippen LogP contribution in [-0.4, -0.2) is 30.7 Å². The molecule has 56 valence electrons. The Labute approximate surface area is 60.0 Å². The maximum absolute atomic E-state index is 10.8. The molecule has 2 fully saturated rings. The van der Waals surface area contributed by atoms with E-state index in [-0.39, 0.29) is 6.09 Å². The summed E-state index contributed by atoms with van der Waals surface area (Å²) in [5.74, 6) is 0.783. The summed E-state index contributed by atoms with van der Waals surface area (Å²) in [5.41, 5.74) is 0. The van der Waals surface area contributed by atoms with Crippen LogP contribution in [0.15, 0.2) is 0 Å². The molecule has 1 amide bonds. The van der Waals surface area contributed by atoms with E-state index in [2.05, 4.69) is 0 Å². The van der Waals surface area contributed by atoms with Gasteiger partial charge < -0.3 is 9.64 Å². The second-order valence-electron chi connectivity index (χ2n) is 3.00. The van der Waals surface area contributed by atoms with E-state index in [1.165, 1.54) is 12.8 Å². The van der Waals surface area contributed by atoms with E-state index in [0.29, 0.717) is 6.61 Å². The van der Waals surface area contributed by atoms with Crippen LogP contribution in [0.25, 0.3) is 0 Å². The van der Waals surface area contributed by atoms with Crippen molar-refractivity contribution in [2.24, 2.45) is 5.92 Å². The number of carbonyl (C=O) groups is 1. The van der Waals surface area contributed by atoms with Crippen molar-refractivity contribution < 1.29 is 9.53 Å². The number of ether oxygens (including phenoxy) is 1. The fourth-order valence-corrected chi connectivity index (χ4v) is 1.20. The van der Waals surface area contributed by atoms with Gasteiger partial charge in [0.1, 0.15) is 6.61 Å². The molecule has 1 aliphatic carbocycles.